The standard InChI is InChI=1S/C15H23F6N2O3PS2/c1-9(2)23(10(3)4)27(25-7-5-6-22)26-12-11(24)8-28-29-13(12,14(16,17)18)15(19,20)21/h9-12,24H,5,7-8H2,1-4H3. The van der Waals surface area contributed by atoms with Crippen molar-refractivity contribution in [1.29, 1.82) is 5.26 Å². The smallest absolute Gasteiger partial charge is 0.389 e. The van der Waals surface area contributed by atoms with Crippen LogP contribution in [0.5, 0.6) is 0 Å². The number of aliphatic hydroxyl groups excluding tert-OH is 1. The van der Waals surface area contributed by atoms with Gasteiger partial charge in [0.25, 0.3) is 8.53 Å². The van der Waals surface area contributed by atoms with Crippen LogP contribution in [-0.2, 0) is 9.05 Å². The van der Waals surface area contributed by atoms with Gasteiger partial charge >= 0.3 is 12.4 Å². The van der Waals surface area contributed by atoms with Crippen LogP contribution < -0.4 is 0 Å². The molecule has 1 rings (SSSR count). The summed E-state index contributed by atoms with van der Waals surface area (Å²) in [5, 5.41) is 18.8. The van der Waals surface area contributed by atoms with Crippen molar-refractivity contribution in [2.24, 2.45) is 0 Å². The number of nitriles is 1. The zero-order valence-corrected chi connectivity index (χ0v) is 18.6. The molecule has 1 N–H and O–H groups in total. The number of alkyl halides is 6. The fourth-order valence-corrected chi connectivity index (χ4v) is 7.67. The molecule has 0 spiro atoms. The van der Waals surface area contributed by atoms with Gasteiger partial charge in [-0.15, -0.1) is 0 Å². The summed E-state index contributed by atoms with van der Waals surface area (Å²) >= 11 is 0. The van der Waals surface area contributed by atoms with Gasteiger partial charge in [0.05, 0.1) is 25.2 Å². The van der Waals surface area contributed by atoms with Crippen molar-refractivity contribution in [1.82, 2.24) is 4.67 Å². The number of rotatable bonds is 8. The van der Waals surface area contributed by atoms with Crippen LogP contribution in [0.3, 0.4) is 0 Å². The van der Waals surface area contributed by atoms with Gasteiger partial charge in [0, 0.05) is 17.8 Å². The number of halogens is 6. The molecule has 0 amide bonds. The summed E-state index contributed by atoms with van der Waals surface area (Å²) in [4.78, 5) is 0. The molecule has 1 heterocycles. The SMILES string of the molecule is CC(C)N(C(C)C)P(OCCC#N)OC1C(O)CSSC1(C(F)(F)F)C(F)(F)F. The van der Waals surface area contributed by atoms with Crippen LogP contribution in [0, 0.1) is 11.3 Å². The monoisotopic (exact) mass is 488 g/mol. The first-order chi connectivity index (χ1) is 13.2. The third kappa shape index (κ3) is 6.05. The van der Waals surface area contributed by atoms with Gasteiger partial charge in [-0.25, -0.2) is 4.67 Å². The average molecular weight is 488 g/mol. The quantitative estimate of drug-likeness (QED) is 0.216. The van der Waals surface area contributed by atoms with Crippen LogP contribution in [0.4, 0.5) is 26.3 Å². The number of hydrogen-bond acceptors (Lipinski definition) is 7. The summed E-state index contributed by atoms with van der Waals surface area (Å²) in [5.74, 6) is -0.367. The molecule has 0 saturated carbocycles. The van der Waals surface area contributed by atoms with Gasteiger partial charge in [-0.2, -0.15) is 31.6 Å². The van der Waals surface area contributed by atoms with E-state index >= 15 is 0 Å². The van der Waals surface area contributed by atoms with E-state index in [1.165, 1.54) is 4.67 Å². The molecule has 0 radical (unpaired) electrons. The maximum Gasteiger partial charge on any atom is 0.415 e. The highest BCUT2D eigenvalue weighted by Gasteiger charge is 2.78. The Morgan fingerprint density at radius 1 is 1.17 bits per heavy atom. The summed E-state index contributed by atoms with van der Waals surface area (Å²) < 4.78 is 90.5. The van der Waals surface area contributed by atoms with Crippen molar-refractivity contribution in [2.45, 2.75) is 75.5 Å². The molecule has 170 valence electrons. The highest BCUT2D eigenvalue weighted by Crippen LogP contribution is 2.64. The predicted octanol–water partition coefficient (Wildman–Crippen LogP) is 5.27. The lowest BCUT2D eigenvalue weighted by Gasteiger charge is -2.48. The molecular formula is C15H23F6N2O3PS2. The van der Waals surface area contributed by atoms with E-state index in [0.29, 0.717) is 10.8 Å². The van der Waals surface area contributed by atoms with Gasteiger partial charge in [0.1, 0.15) is 6.10 Å². The first-order valence-electron chi connectivity index (χ1n) is 8.57. The van der Waals surface area contributed by atoms with Crippen LogP contribution in [0.15, 0.2) is 0 Å². The molecule has 5 nitrogen and oxygen atoms in total. The van der Waals surface area contributed by atoms with Crippen molar-refractivity contribution in [2.75, 3.05) is 12.4 Å². The summed E-state index contributed by atoms with van der Waals surface area (Å²) in [5.41, 5.74) is 0. The third-order valence-corrected chi connectivity index (χ3v) is 9.10. The minimum absolute atomic E-state index is 0.117. The molecule has 14 heteroatoms. The van der Waals surface area contributed by atoms with E-state index in [4.69, 9.17) is 14.3 Å². The Labute approximate surface area is 174 Å². The highest BCUT2D eigenvalue weighted by atomic mass is 33.1. The average Bonchev–Trinajstić information content (AvgIpc) is 2.53. The molecule has 0 aliphatic carbocycles. The second-order valence-corrected chi connectivity index (χ2v) is 10.7. The maximum absolute atomic E-state index is 13.8. The van der Waals surface area contributed by atoms with Crippen LogP contribution in [0.25, 0.3) is 0 Å². The summed E-state index contributed by atoms with van der Waals surface area (Å²) in [6.45, 7) is 6.53. The van der Waals surface area contributed by atoms with Crippen LogP contribution in [0.2, 0.25) is 0 Å². The molecule has 1 aliphatic rings. The van der Waals surface area contributed by atoms with Crippen LogP contribution in [-0.4, -0.2) is 63.5 Å². The minimum atomic E-state index is -5.73. The van der Waals surface area contributed by atoms with E-state index in [1.54, 1.807) is 33.8 Å². The van der Waals surface area contributed by atoms with E-state index in [-0.39, 0.29) is 30.9 Å². The number of aliphatic hydroxyl groups is 1. The zero-order chi connectivity index (χ0) is 22.6. The first-order valence-corrected chi connectivity index (χ1v) is 12.0. The van der Waals surface area contributed by atoms with E-state index < -0.39 is 48.6 Å². The predicted molar refractivity (Wildman–Crippen MR) is 101 cm³/mol. The number of hydrogen-bond donors (Lipinski definition) is 1. The molecule has 0 aromatic carbocycles. The van der Waals surface area contributed by atoms with Crippen molar-refractivity contribution in [3.8, 4) is 6.07 Å². The van der Waals surface area contributed by atoms with Gasteiger partial charge < -0.3 is 14.2 Å². The Balaban J connectivity index is 3.41. The van der Waals surface area contributed by atoms with Crippen LogP contribution in [0.1, 0.15) is 34.1 Å². The second-order valence-electron chi connectivity index (χ2n) is 6.74. The molecular weight excluding hydrogens is 465 g/mol. The lowest BCUT2D eigenvalue weighted by molar-refractivity contribution is -0.289. The minimum Gasteiger partial charge on any atom is -0.389 e. The van der Waals surface area contributed by atoms with Crippen molar-refractivity contribution >= 4 is 30.1 Å². The molecule has 0 aromatic heterocycles. The van der Waals surface area contributed by atoms with Gasteiger partial charge in [0.2, 0.25) is 4.75 Å². The Bertz CT molecular complexity index is 552. The van der Waals surface area contributed by atoms with E-state index in [1.807, 2.05) is 0 Å². The first kappa shape index (κ1) is 27.1. The van der Waals surface area contributed by atoms with E-state index in [9.17, 15) is 31.4 Å². The summed E-state index contributed by atoms with van der Waals surface area (Å²) in [6.07, 6.45) is -16.2. The fraction of sp³-hybridized carbons (Fsp3) is 0.933. The Hall–Kier alpha value is 0.0400. The molecule has 1 aliphatic heterocycles. The molecule has 0 aromatic rings. The lowest BCUT2D eigenvalue weighted by atomic mass is 9.95. The summed E-state index contributed by atoms with van der Waals surface area (Å²) in [6, 6.07) is 1.12. The number of nitrogens with zero attached hydrogens (tertiary/aromatic N) is 2. The maximum atomic E-state index is 13.8. The molecule has 1 saturated heterocycles. The largest absolute Gasteiger partial charge is 0.415 e. The van der Waals surface area contributed by atoms with Gasteiger partial charge in [-0.3, -0.25) is 0 Å². The molecule has 0 bridgehead atoms. The lowest BCUT2D eigenvalue weighted by Crippen LogP contribution is -2.66. The second kappa shape index (κ2) is 10.6. The fourth-order valence-electron chi connectivity index (χ4n) is 2.72. The van der Waals surface area contributed by atoms with Gasteiger partial charge in [-0.1, -0.05) is 21.6 Å². The van der Waals surface area contributed by atoms with E-state index in [0.717, 1.165) is 0 Å². The molecule has 1 fully saturated rings. The Kier molecular flexibility index (Phi) is 9.87. The third-order valence-electron chi connectivity index (χ3n) is 3.89. The molecule has 29 heavy (non-hydrogen) atoms. The normalized spacial score (nSPS) is 24.2. The van der Waals surface area contributed by atoms with Crippen molar-refractivity contribution < 1.29 is 40.5 Å². The Morgan fingerprint density at radius 3 is 2.10 bits per heavy atom. The van der Waals surface area contributed by atoms with Gasteiger partial charge in [-0.05, 0) is 27.7 Å². The van der Waals surface area contributed by atoms with Crippen molar-refractivity contribution in [3.63, 3.8) is 0 Å². The molecule has 3 unspecified atom stereocenters. The van der Waals surface area contributed by atoms with E-state index in [2.05, 4.69) is 0 Å². The van der Waals surface area contributed by atoms with Crippen LogP contribution >= 0.6 is 30.1 Å². The topological polar surface area (TPSA) is 65.7 Å². The highest BCUT2D eigenvalue weighted by molar-refractivity contribution is 8.77. The van der Waals surface area contributed by atoms with Crippen molar-refractivity contribution in [3.05, 3.63) is 0 Å². The van der Waals surface area contributed by atoms with Gasteiger partial charge in [0.15, 0.2) is 0 Å². The Morgan fingerprint density at radius 2 is 1.69 bits per heavy atom. The zero-order valence-electron chi connectivity index (χ0n) is 16.1. The summed E-state index contributed by atoms with van der Waals surface area (Å²) in [7, 11) is -2.52. The molecule has 3 atom stereocenters.